The molecule has 2 aromatic carbocycles. The maximum atomic E-state index is 11.3. The Morgan fingerprint density at radius 3 is 2.32 bits per heavy atom. The van der Waals surface area contributed by atoms with Crippen LogP contribution in [0.1, 0.15) is 37.0 Å². The predicted molar refractivity (Wildman–Crippen MR) is 107 cm³/mol. The van der Waals surface area contributed by atoms with Gasteiger partial charge in [0.25, 0.3) is 0 Å². The summed E-state index contributed by atoms with van der Waals surface area (Å²) in [6.07, 6.45) is 0.879. The zero-order valence-electron chi connectivity index (χ0n) is 16.5. The minimum atomic E-state index is -0.797. The molecule has 1 aliphatic heterocycles. The van der Waals surface area contributed by atoms with Gasteiger partial charge in [0, 0.05) is 19.1 Å². The van der Waals surface area contributed by atoms with E-state index in [0.29, 0.717) is 11.8 Å². The molecule has 2 fully saturated rings. The number of likely N-dealkylation sites (tertiary alicyclic amines) is 1. The number of phenols is 1. The lowest BCUT2D eigenvalue weighted by molar-refractivity contribution is 0.0210. The number of aliphatic hydroxyl groups is 2. The molecule has 2 aromatic rings. The molecule has 4 rings (SSSR count). The van der Waals surface area contributed by atoms with E-state index < -0.39 is 11.7 Å². The summed E-state index contributed by atoms with van der Waals surface area (Å²) in [6, 6.07) is 14.5. The fourth-order valence-corrected chi connectivity index (χ4v) is 5.02. The number of rotatable bonds is 5. The molecule has 5 heteroatoms. The molecule has 5 nitrogen and oxygen atoms in total. The van der Waals surface area contributed by atoms with E-state index in [-0.39, 0.29) is 11.8 Å². The molecule has 0 amide bonds. The lowest BCUT2D eigenvalue weighted by atomic mass is 9.90. The minimum Gasteiger partial charge on any atom is -0.508 e. The fourth-order valence-electron chi connectivity index (χ4n) is 5.02. The summed E-state index contributed by atoms with van der Waals surface area (Å²) in [5, 5.41) is 31.5. The summed E-state index contributed by atoms with van der Waals surface area (Å²) in [5.74, 6) is 1.82. The largest absolute Gasteiger partial charge is 0.508 e. The molecule has 1 saturated heterocycles. The first kappa shape index (κ1) is 19.2. The van der Waals surface area contributed by atoms with Crippen LogP contribution in [-0.2, 0) is 5.60 Å². The number of hydrogen-bond donors (Lipinski definition) is 3. The number of methoxy groups -OCH3 is 1. The molecule has 4 atom stereocenters. The van der Waals surface area contributed by atoms with Gasteiger partial charge in [-0.1, -0.05) is 24.3 Å². The van der Waals surface area contributed by atoms with E-state index in [2.05, 4.69) is 4.90 Å². The molecule has 28 heavy (non-hydrogen) atoms. The van der Waals surface area contributed by atoms with Crippen LogP contribution in [0.25, 0.3) is 0 Å². The highest BCUT2D eigenvalue weighted by Crippen LogP contribution is 2.50. The summed E-state index contributed by atoms with van der Waals surface area (Å²) in [6.45, 7) is 3.81. The molecule has 0 bridgehead atoms. The lowest BCUT2D eigenvalue weighted by Gasteiger charge is -2.31. The number of aromatic hydroxyl groups is 1. The molecule has 2 aliphatic rings. The fraction of sp³-hybridized carbons (Fsp3) is 0.478. The third-order valence-corrected chi connectivity index (χ3v) is 6.68. The van der Waals surface area contributed by atoms with Crippen LogP contribution in [0.5, 0.6) is 11.5 Å². The molecule has 3 N–H and O–H groups in total. The first-order valence-corrected chi connectivity index (χ1v) is 9.97. The highest BCUT2D eigenvalue weighted by Gasteiger charge is 2.50. The van der Waals surface area contributed by atoms with Gasteiger partial charge in [0.15, 0.2) is 0 Å². The van der Waals surface area contributed by atoms with E-state index in [4.69, 9.17) is 4.74 Å². The van der Waals surface area contributed by atoms with E-state index in [1.54, 1.807) is 31.4 Å². The molecular weight excluding hydrogens is 354 g/mol. The van der Waals surface area contributed by atoms with Crippen molar-refractivity contribution in [1.82, 2.24) is 4.90 Å². The highest BCUT2D eigenvalue weighted by atomic mass is 16.5. The van der Waals surface area contributed by atoms with Crippen molar-refractivity contribution in [2.24, 2.45) is 11.8 Å². The van der Waals surface area contributed by atoms with Gasteiger partial charge in [-0.05, 0) is 67.0 Å². The number of ether oxygens (including phenoxy) is 1. The SMILES string of the molecule is COc1cccc(C2(O)CC3CN(C(C)C(O)c4ccc(O)cc4)CC3C2)c1. The number of nitrogens with zero attached hydrogens (tertiary/aromatic N) is 1. The Morgan fingerprint density at radius 2 is 1.71 bits per heavy atom. The summed E-state index contributed by atoms with van der Waals surface area (Å²) in [7, 11) is 1.64. The van der Waals surface area contributed by atoms with Crippen molar-refractivity contribution in [2.75, 3.05) is 20.2 Å². The van der Waals surface area contributed by atoms with Gasteiger partial charge >= 0.3 is 0 Å². The standard InChI is InChI=1S/C23H29NO4/c1-15(22(26)16-6-8-20(25)9-7-16)24-13-17-11-23(27,12-18(17)14-24)19-4-3-5-21(10-19)28-2/h3-10,15,17-18,22,25-27H,11-14H2,1-2H3. The van der Waals surface area contributed by atoms with Crippen LogP contribution < -0.4 is 4.74 Å². The third-order valence-electron chi connectivity index (χ3n) is 6.68. The summed E-state index contributed by atoms with van der Waals surface area (Å²) in [5.41, 5.74) is 0.953. The van der Waals surface area contributed by atoms with E-state index in [1.807, 2.05) is 31.2 Å². The van der Waals surface area contributed by atoms with Crippen molar-refractivity contribution in [3.63, 3.8) is 0 Å². The maximum absolute atomic E-state index is 11.3. The number of fused-ring (bicyclic) bond motifs is 1. The van der Waals surface area contributed by atoms with Gasteiger partial charge in [0.2, 0.25) is 0 Å². The van der Waals surface area contributed by atoms with Crippen molar-refractivity contribution in [3.05, 3.63) is 59.7 Å². The van der Waals surface area contributed by atoms with E-state index >= 15 is 0 Å². The lowest BCUT2D eigenvalue weighted by Crippen LogP contribution is -2.37. The summed E-state index contributed by atoms with van der Waals surface area (Å²) < 4.78 is 5.31. The molecule has 150 valence electrons. The van der Waals surface area contributed by atoms with Gasteiger partial charge in [-0.15, -0.1) is 0 Å². The van der Waals surface area contributed by atoms with Gasteiger partial charge in [-0.2, -0.15) is 0 Å². The number of hydrogen-bond acceptors (Lipinski definition) is 5. The second-order valence-corrected chi connectivity index (χ2v) is 8.42. The van der Waals surface area contributed by atoms with Gasteiger partial charge in [0.1, 0.15) is 11.5 Å². The predicted octanol–water partition coefficient (Wildman–Crippen LogP) is 3.05. The second kappa shape index (κ2) is 7.39. The Kier molecular flexibility index (Phi) is 5.08. The van der Waals surface area contributed by atoms with Crippen molar-refractivity contribution >= 4 is 0 Å². The van der Waals surface area contributed by atoms with Crippen LogP contribution >= 0.6 is 0 Å². The highest BCUT2D eigenvalue weighted by molar-refractivity contribution is 5.33. The van der Waals surface area contributed by atoms with Crippen LogP contribution in [0.15, 0.2) is 48.5 Å². The average Bonchev–Trinajstić information content (AvgIpc) is 3.23. The molecule has 0 radical (unpaired) electrons. The molecule has 0 spiro atoms. The van der Waals surface area contributed by atoms with Gasteiger partial charge in [-0.3, -0.25) is 4.90 Å². The Balaban J connectivity index is 1.42. The topological polar surface area (TPSA) is 73.2 Å². The second-order valence-electron chi connectivity index (χ2n) is 8.42. The van der Waals surface area contributed by atoms with Crippen LogP contribution in [-0.4, -0.2) is 46.5 Å². The first-order chi connectivity index (χ1) is 13.4. The Morgan fingerprint density at radius 1 is 1.07 bits per heavy atom. The molecule has 1 heterocycles. The van der Waals surface area contributed by atoms with Crippen molar-refractivity contribution in [1.29, 1.82) is 0 Å². The molecule has 1 aliphatic carbocycles. The number of benzene rings is 2. The van der Waals surface area contributed by atoms with Crippen LogP contribution in [0.4, 0.5) is 0 Å². The zero-order chi connectivity index (χ0) is 19.9. The van der Waals surface area contributed by atoms with Gasteiger partial charge in [-0.25, -0.2) is 0 Å². The summed E-state index contributed by atoms with van der Waals surface area (Å²) >= 11 is 0. The van der Waals surface area contributed by atoms with Crippen molar-refractivity contribution in [3.8, 4) is 11.5 Å². The normalized spacial score (nSPS) is 29.4. The third kappa shape index (κ3) is 3.50. The molecule has 4 unspecified atom stereocenters. The number of aliphatic hydroxyl groups excluding tert-OH is 1. The summed E-state index contributed by atoms with van der Waals surface area (Å²) in [4.78, 5) is 2.33. The van der Waals surface area contributed by atoms with Crippen LogP contribution in [0.3, 0.4) is 0 Å². The Bertz CT molecular complexity index is 808. The van der Waals surface area contributed by atoms with E-state index in [1.165, 1.54) is 0 Å². The van der Waals surface area contributed by atoms with Gasteiger partial charge < -0.3 is 20.1 Å². The van der Waals surface area contributed by atoms with E-state index in [0.717, 1.165) is 42.8 Å². The number of phenolic OH excluding ortho intramolecular Hbond substituents is 1. The monoisotopic (exact) mass is 383 g/mol. The van der Waals surface area contributed by atoms with Crippen molar-refractivity contribution in [2.45, 2.75) is 37.5 Å². The average molecular weight is 383 g/mol. The van der Waals surface area contributed by atoms with E-state index in [9.17, 15) is 15.3 Å². The Labute approximate surface area is 166 Å². The smallest absolute Gasteiger partial charge is 0.119 e. The maximum Gasteiger partial charge on any atom is 0.119 e. The van der Waals surface area contributed by atoms with Crippen molar-refractivity contribution < 1.29 is 20.1 Å². The minimum absolute atomic E-state index is 0.0138. The molecule has 1 saturated carbocycles. The van der Waals surface area contributed by atoms with Crippen LogP contribution in [0.2, 0.25) is 0 Å². The van der Waals surface area contributed by atoms with Crippen LogP contribution in [0, 0.1) is 11.8 Å². The molecular formula is C23H29NO4. The quantitative estimate of drug-likeness (QED) is 0.740. The molecule has 0 aromatic heterocycles. The zero-order valence-corrected chi connectivity index (χ0v) is 16.5. The van der Waals surface area contributed by atoms with Gasteiger partial charge in [0.05, 0.1) is 18.8 Å². The first-order valence-electron chi connectivity index (χ1n) is 9.97. The Hall–Kier alpha value is -2.08.